The molecule has 1 aliphatic rings. The molecule has 2 rings (SSSR count). The summed E-state index contributed by atoms with van der Waals surface area (Å²) in [6, 6.07) is 5.28. The largest absolute Gasteiger partial charge is 0.355 e. The molecule has 136 valence electrons. The van der Waals surface area contributed by atoms with Crippen molar-refractivity contribution in [3.8, 4) is 0 Å². The summed E-state index contributed by atoms with van der Waals surface area (Å²) in [4.78, 5) is 6.22. The van der Waals surface area contributed by atoms with E-state index in [4.69, 9.17) is 0 Å². The lowest BCUT2D eigenvalue weighted by Gasteiger charge is -2.16. The number of rotatable bonds is 6. The monoisotopic (exact) mass is 466 g/mol. The molecule has 1 unspecified atom stereocenters. The second-order valence-electron chi connectivity index (χ2n) is 6.11. The van der Waals surface area contributed by atoms with Crippen LogP contribution in [0.1, 0.15) is 24.0 Å². The average Bonchev–Trinajstić information content (AvgIpc) is 3.03. The number of nitrogens with zero attached hydrogens (tertiary/aromatic N) is 2. The molecule has 0 aromatic heterocycles. The van der Waals surface area contributed by atoms with E-state index in [1.54, 1.807) is 13.1 Å². The van der Waals surface area contributed by atoms with Gasteiger partial charge in [0.25, 0.3) is 0 Å². The topological polar surface area (TPSA) is 39.7 Å². The molecule has 0 saturated carbocycles. The summed E-state index contributed by atoms with van der Waals surface area (Å²) in [5.41, 5.74) is 1.78. The highest BCUT2D eigenvalue weighted by Crippen LogP contribution is 2.25. The van der Waals surface area contributed by atoms with Crippen molar-refractivity contribution >= 4 is 41.7 Å². The summed E-state index contributed by atoms with van der Waals surface area (Å²) < 4.78 is 13.8. The molecule has 24 heavy (non-hydrogen) atoms. The Bertz CT molecular complexity index is 533. The Morgan fingerprint density at radius 3 is 2.79 bits per heavy atom. The van der Waals surface area contributed by atoms with E-state index in [0.29, 0.717) is 18.3 Å². The molecule has 1 atom stereocenters. The van der Waals surface area contributed by atoms with Gasteiger partial charge in [-0.05, 0) is 50.4 Å². The van der Waals surface area contributed by atoms with Crippen LogP contribution in [0.4, 0.5) is 4.39 Å². The Morgan fingerprint density at radius 2 is 2.17 bits per heavy atom. The number of hydrogen-bond acceptors (Lipinski definition) is 3. The Labute approximate surface area is 166 Å². The van der Waals surface area contributed by atoms with Gasteiger partial charge < -0.3 is 15.5 Å². The smallest absolute Gasteiger partial charge is 0.191 e. The Hall–Kier alpha value is -0.540. The lowest BCUT2D eigenvalue weighted by molar-refractivity contribution is 0.392. The van der Waals surface area contributed by atoms with Gasteiger partial charge in [0.1, 0.15) is 5.82 Å². The zero-order valence-electron chi connectivity index (χ0n) is 14.6. The van der Waals surface area contributed by atoms with Crippen molar-refractivity contribution in [2.45, 2.75) is 31.2 Å². The van der Waals surface area contributed by atoms with Crippen molar-refractivity contribution in [3.05, 3.63) is 35.1 Å². The molecule has 1 aromatic rings. The third-order valence-corrected chi connectivity index (χ3v) is 5.20. The fraction of sp³-hybridized carbons (Fsp3) is 0.588. The summed E-state index contributed by atoms with van der Waals surface area (Å²) >= 11 is 2.03. The number of aliphatic imine (C=N–C) groups is 1. The molecule has 0 amide bonds. The highest BCUT2D eigenvalue weighted by Gasteiger charge is 2.15. The van der Waals surface area contributed by atoms with Gasteiger partial charge in [-0.3, -0.25) is 4.99 Å². The maximum absolute atomic E-state index is 13.8. The first-order chi connectivity index (χ1) is 11.1. The quantitative estimate of drug-likeness (QED) is 0.384. The summed E-state index contributed by atoms with van der Waals surface area (Å²) in [6.07, 6.45) is 2.59. The standard InChI is InChI=1S/C17H27FN4S.HI/c1-19-17(21-11-15-5-4-8-23-15)20-10-13-6-7-16(18)14(9-13)12-22(2)3;/h6-7,9,15H,4-5,8,10-12H2,1-3H3,(H2,19,20,21);1H. The molecule has 2 N–H and O–H groups in total. The van der Waals surface area contributed by atoms with Crippen LogP contribution >= 0.6 is 35.7 Å². The molecular weight excluding hydrogens is 438 g/mol. The van der Waals surface area contributed by atoms with Crippen molar-refractivity contribution in [2.75, 3.05) is 33.4 Å². The predicted molar refractivity (Wildman–Crippen MR) is 113 cm³/mol. The van der Waals surface area contributed by atoms with E-state index in [1.807, 2.05) is 42.9 Å². The first kappa shape index (κ1) is 21.5. The van der Waals surface area contributed by atoms with Crippen molar-refractivity contribution in [1.29, 1.82) is 0 Å². The van der Waals surface area contributed by atoms with E-state index in [0.717, 1.165) is 23.6 Å². The van der Waals surface area contributed by atoms with E-state index >= 15 is 0 Å². The second-order valence-corrected chi connectivity index (χ2v) is 7.51. The van der Waals surface area contributed by atoms with Crippen molar-refractivity contribution < 1.29 is 4.39 Å². The van der Waals surface area contributed by atoms with Crippen LogP contribution in [0.3, 0.4) is 0 Å². The van der Waals surface area contributed by atoms with Gasteiger partial charge in [-0.25, -0.2) is 4.39 Å². The van der Waals surface area contributed by atoms with Gasteiger partial charge in [-0.1, -0.05) is 6.07 Å². The highest BCUT2D eigenvalue weighted by atomic mass is 127. The van der Waals surface area contributed by atoms with Crippen molar-refractivity contribution in [1.82, 2.24) is 15.5 Å². The predicted octanol–water partition coefficient (Wildman–Crippen LogP) is 3.07. The van der Waals surface area contributed by atoms with Crippen LogP contribution < -0.4 is 10.6 Å². The number of hydrogen-bond donors (Lipinski definition) is 2. The fourth-order valence-corrected chi connectivity index (χ4v) is 3.82. The Kier molecular flexibility index (Phi) is 9.99. The van der Waals surface area contributed by atoms with E-state index in [2.05, 4.69) is 15.6 Å². The second kappa shape index (κ2) is 11.1. The minimum absolute atomic E-state index is 0. The van der Waals surface area contributed by atoms with E-state index in [1.165, 1.54) is 18.6 Å². The van der Waals surface area contributed by atoms with Gasteiger partial charge in [0.2, 0.25) is 0 Å². The number of halogens is 2. The van der Waals surface area contributed by atoms with Crippen LogP contribution in [0.2, 0.25) is 0 Å². The summed E-state index contributed by atoms with van der Waals surface area (Å²) in [5, 5.41) is 7.36. The van der Waals surface area contributed by atoms with Gasteiger partial charge in [0.05, 0.1) is 0 Å². The van der Waals surface area contributed by atoms with E-state index in [9.17, 15) is 4.39 Å². The summed E-state index contributed by atoms with van der Waals surface area (Å²) in [6.45, 7) is 2.18. The fourth-order valence-electron chi connectivity index (χ4n) is 2.62. The first-order valence-electron chi connectivity index (χ1n) is 8.06. The third-order valence-electron chi connectivity index (χ3n) is 3.80. The van der Waals surface area contributed by atoms with Crippen molar-refractivity contribution in [3.63, 3.8) is 0 Å². The van der Waals surface area contributed by atoms with Crippen LogP contribution in [0, 0.1) is 5.82 Å². The van der Waals surface area contributed by atoms with Crippen LogP contribution in [-0.4, -0.2) is 49.6 Å². The molecule has 1 fully saturated rings. The maximum Gasteiger partial charge on any atom is 0.191 e. The third kappa shape index (κ3) is 7.14. The summed E-state index contributed by atoms with van der Waals surface area (Å²) in [7, 11) is 5.66. The van der Waals surface area contributed by atoms with Crippen molar-refractivity contribution in [2.24, 2.45) is 4.99 Å². The van der Waals surface area contributed by atoms with E-state index < -0.39 is 0 Å². The molecule has 0 bridgehead atoms. The summed E-state index contributed by atoms with van der Waals surface area (Å²) in [5.74, 6) is 1.92. The molecule has 1 saturated heterocycles. The average molecular weight is 466 g/mol. The molecule has 1 aliphatic heterocycles. The number of thioether (sulfide) groups is 1. The molecular formula is C17H28FIN4S. The van der Waals surface area contributed by atoms with Gasteiger partial charge in [-0.2, -0.15) is 11.8 Å². The van der Waals surface area contributed by atoms with Gasteiger partial charge in [0.15, 0.2) is 5.96 Å². The number of guanidine groups is 1. The van der Waals surface area contributed by atoms with Gasteiger partial charge in [0, 0.05) is 37.5 Å². The Balaban J connectivity index is 0.00000288. The van der Waals surface area contributed by atoms with Crippen LogP contribution in [0.5, 0.6) is 0 Å². The van der Waals surface area contributed by atoms with E-state index in [-0.39, 0.29) is 29.8 Å². The molecule has 1 heterocycles. The highest BCUT2D eigenvalue weighted by molar-refractivity contribution is 14.0. The SMILES string of the molecule is CN=C(NCc1ccc(F)c(CN(C)C)c1)NCC1CCCS1.I. The Morgan fingerprint density at radius 1 is 1.38 bits per heavy atom. The lowest BCUT2D eigenvalue weighted by Crippen LogP contribution is -2.39. The number of nitrogens with one attached hydrogen (secondary N) is 2. The van der Waals surface area contributed by atoms with Gasteiger partial charge >= 0.3 is 0 Å². The molecule has 4 nitrogen and oxygen atoms in total. The normalized spacial score (nSPS) is 17.7. The molecule has 7 heteroatoms. The minimum Gasteiger partial charge on any atom is -0.355 e. The minimum atomic E-state index is -0.150. The molecule has 1 aromatic carbocycles. The lowest BCUT2D eigenvalue weighted by atomic mass is 10.1. The molecule has 0 aliphatic carbocycles. The maximum atomic E-state index is 13.8. The molecule has 0 radical (unpaired) electrons. The van der Waals surface area contributed by atoms with Crippen LogP contribution in [0.15, 0.2) is 23.2 Å². The number of benzene rings is 1. The molecule has 0 spiro atoms. The first-order valence-corrected chi connectivity index (χ1v) is 9.11. The zero-order chi connectivity index (χ0) is 16.7. The zero-order valence-corrected chi connectivity index (χ0v) is 17.8. The van der Waals surface area contributed by atoms with Crippen LogP contribution in [0.25, 0.3) is 0 Å². The van der Waals surface area contributed by atoms with Crippen LogP contribution in [-0.2, 0) is 13.1 Å². The van der Waals surface area contributed by atoms with Gasteiger partial charge in [-0.15, -0.1) is 24.0 Å².